The zero-order chi connectivity index (χ0) is 12.4. The van der Waals surface area contributed by atoms with E-state index in [9.17, 15) is 0 Å². The zero-order valence-corrected chi connectivity index (χ0v) is 12.1. The number of hydrogen-bond acceptors (Lipinski definition) is 3. The first kappa shape index (κ1) is 12.6. The van der Waals surface area contributed by atoms with E-state index in [1.54, 1.807) is 18.4 Å². The van der Waals surface area contributed by atoms with Crippen LogP contribution in [0.5, 0.6) is 5.75 Å². The Morgan fingerprint density at radius 3 is 2.71 bits per heavy atom. The number of aryl methyl sites for hydroxylation is 1. The summed E-state index contributed by atoms with van der Waals surface area (Å²) in [6.45, 7) is 2.08. The van der Waals surface area contributed by atoms with Crippen molar-refractivity contribution in [2.45, 2.75) is 13.0 Å². The molecule has 0 amide bonds. The van der Waals surface area contributed by atoms with Gasteiger partial charge in [-0.05, 0) is 42.1 Å². The first-order chi connectivity index (χ1) is 8.13. The van der Waals surface area contributed by atoms with E-state index >= 15 is 0 Å². The highest BCUT2D eigenvalue weighted by Crippen LogP contribution is 2.34. The van der Waals surface area contributed by atoms with Crippen LogP contribution in [0.2, 0.25) is 0 Å². The monoisotopic (exact) mass is 311 g/mol. The van der Waals surface area contributed by atoms with Crippen LogP contribution in [0.15, 0.2) is 34.1 Å². The van der Waals surface area contributed by atoms with Gasteiger partial charge in [0.15, 0.2) is 0 Å². The molecule has 0 bridgehead atoms. The second kappa shape index (κ2) is 5.21. The predicted octanol–water partition coefficient (Wildman–Crippen LogP) is 3.88. The molecule has 1 atom stereocenters. The van der Waals surface area contributed by atoms with Crippen molar-refractivity contribution in [3.8, 4) is 5.75 Å². The van der Waals surface area contributed by atoms with Crippen LogP contribution in [0.3, 0.4) is 0 Å². The molecule has 1 aromatic carbocycles. The van der Waals surface area contributed by atoms with Crippen LogP contribution in [0, 0.1) is 6.92 Å². The van der Waals surface area contributed by atoms with Gasteiger partial charge < -0.3 is 10.5 Å². The van der Waals surface area contributed by atoms with E-state index in [-0.39, 0.29) is 6.04 Å². The standard InChI is InChI=1S/C13H14BrNOS/c1-8-5-6-17-13(8)12(15)10-7-9(14)3-4-11(10)16-2/h3-7,12H,15H2,1-2H3. The fourth-order valence-electron chi connectivity index (χ4n) is 1.79. The van der Waals surface area contributed by atoms with Gasteiger partial charge in [-0.1, -0.05) is 15.9 Å². The van der Waals surface area contributed by atoms with Crippen molar-refractivity contribution >= 4 is 27.3 Å². The van der Waals surface area contributed by atoms with Gasteiger partial charge in [0, 0.05) is 14.9 Å². The number of rotatable bonds is 3. The Kier molecular flexibility index (Phi) is 3.86. The number of nitrogens with two attached hydrogens (primary N) is 1. The van der Waals surface area contributed by atoms with Crippen molar-refractivity contribution in [2.24, 2.45) is 5.73 Å². The molecule has 2 rings (SSSR count). The Hall–Kier alpha value is -0.840. The van der Waals surface area contributed by atoms with Gasteiger partial charge in [-0.3, -0.25) is 0 Å². The van der Waals surface area contributed by atoms with Gasteiger partial charge in [0.25, 0.3) is 0 Å². The van der Waals surface area contributed by atoms with Crippen LogP contribution in [-0.4, -0.2) is 7.11 Å². The minimum atomic E-state index is -0.137. The molecule has 0 aliphatic rings. The lowest BCUT2D eigenvalue weighted by molar-refractivity contribution is 0.408. The Bertz CT molecular complexity index is 524. The number of hydrogen-bond donors (Lipinski definition) is 1. The lowest BCUT2D eigenvalue weighted by Crippen LogP contribution is -2.12. The molecule has 2 N–H and O–H groups in total. The van der Waals surface area contributed by atoms with Crippen LogP contribution in [-0.2, 0) is 0 Å². The first-order valence-electron chi connectivity index (χ1n) is 5.26. The third-order valence-corrected chi connectivity index (χ3v) is 4.31. The van der Waals surface area contributed by atoms with Gasteiger partial charge in [0.05, 0.1) is 13.2 Å². The summed E-state index contributed by atoms with van der Waals surface area (Å²) in [5.74, 6) is 0.827. The maximum absolute atomic E-state index is 6.32. The summed E-state index contributed by atoms with van der Waals surface area (Å²) in [5.41, 5.74) is 8.55. The van der Waals surface area contributed by atoms with E-state index in [1.807, 2.05) is 18.2 Å². The van der Waals surface area contributed by atoms with Crippen molar-refractivity contribution < 1.29 is 4.74 Å². The van der Waals surface area contributed by atoms with Gasteiger partial charge >= 0.3 is 0 Å². The molecule has 1 aromatic heterocycles. The number of halogens is 1. The minimum absolute atomic E-state index is 0.137. The predicted molar refractivity (Wildman–Crippen MR) is 75.8 cm³/mol. The van der Waals surface area contributed by atoms with Gasteiger partial charge in [0.2, 0.25) is 0 Å². The Morgan fingerprint density at radius 2 is 2.12 bits per heavy atom. The summed E-state index contributed by atoms with van der Waals surface area (Å²) in [7, 11) is 1.67. The molecule has 2 nitrogen and oxygen atoms in total. The molecule has 90 valence electrons. The zero-order valence-electron chi connectivity index (χ0n) is 9.74. The molecule has 0 aliphatic heterocycles. The molecular weight excluding hydrogens is 298 g/mol. The number of thiophene rings is 1. The molecule has 0 fully saturated rings. The average molecular weight is 312 g/mol. The SMILES string of the molecule is COc1ccc(Br)cc1C(N)c1sccc1C. The second-order valence-corrected chi connectivity index (χ2v) is 5.70. The molecule has 4 heteroatoms. The lowest BCUT2D eigenvalue weighted by atomic mass is 10.0. The van der Waals surface area contributed by atoms with E-state index < -0.39 is 0 Å². The van der Waals surface area contributed by atoms with Gasteiger partial charge in [-0.15, -0.1) is 11.3 Å². The normalized spacial score (nSPS) is 12.5. The fraction of sp³-hybridized carbons (Fsp3) is 0.231. The van der Waals surface area contributed by atoms with Crippen LogP contribution in [0.4, 0.5) is 0 Å². The first-order valence-corrected chi connectivity index (χ1v) is 6.93. The molecule has 1 unspecified atom stereocenters. The summed E-state index contributed by atoms with van der Waals surface area (Å²) in [6.07, 6.45) is 0. The highest BCUT2D eigenvalue weighted by atomic mass is 79.9. The molecular formula is C13H14BrNOS. The average Bonchev–Trinajstić information content (AvgIpc) is 2.74. The second-order valence-electron chi connectivity index (χ2n) is 3.83. The van der Waals surface area contributed by atoms with Crippen molar-refractivity contribution in [2.75, 3.05) is 7.11 Å². The van der Waals surface area contributed by atoms with Gasteiger partial charge in [-0.2, -0.15) is 0 Å². The minimum Gasteiger partial charge on any atom is -0.496 e. The van der Waals surface area contributed by atoms with Crippen molar-refractivity contribution in [3.05, 3.63) is 50.1 Å². The molecule has 2 aromatic rings. The van der Waals surface area contributed by atoms with Crippen LogP contribution in [0.1, 0.15) is 22.0 Å². The van der Waals surface area contributed by atoms with E-state index in [1.165, 1.54) is 10.4 Å². The number of benzene rings is 1. The van der Waals surface area contributed by atoms with E-state index in [0.717, 1.165) is 15.8 Å². The summed E-state index contributed by atoms with van der Waals surface area (Å²) in [4.78, 5) is 1.18. The van der Waals surface area contributed by atoms with Crippen molar-refractivity contribution in [3.63, 3.8) is 0 Å². The smallest absolute Gasteiger partial charge is 0.124 e. The number of methoxy groups -OCH3 is 1. The third-order valence-electron chi connectivity index (χ3n) is 2.71. The van der Waals surface area contributed by atoms with Crippen molar-refractivity contribution in [1.82, 2.24) is 0 Å². The molecule has 17 heavy (non-hydrogen) atoms. The van der Waals surface area contributed by atoms with Crippen molar-refractivity contribution in [1.29, 1.82) is 0 Å². The maximum Gasteiger partial charge on any atom is 0.124 e. The summed E-state index contributed by atoms with van der Waals surface area (Å²) < 4.78 is 6.38. The quantitative estimate of drug-likeness (QED) is 0.933. The molecule has 0 spiro atoms. The topological polar surface area (TPSA) is 35.2 Å². The number of ether oxygens (including phenoxy) is 1. The van der Waals surface area contributed by atoms with Crippen LogP contribution in [0.25, 0.3) is 0 Å². The third kappa shape index (κ3) is 2.54. The molecule has 0 saturated heterocycles. The summed E-state index contributed by atoms with van der Waals surface area (Å²) in [5, 5.41) is 2.06. The molecule has 0 aliphatic carbocycles. The molecule has 1 heterocycles. The highest BCUT2D eigenvalue weighted by molar-refractivity contribution is 9.10. The van der Waals surface area contributed by atoms with Gasteiger partial charge in [0.1, 0.15) is 5.75 Å². The highest BCUT2D eigenvalue weighted by Gasteiger charge is 2.17. The molecule has 0 radical (unpaired) electrons. The van der Waals surface area contributed by atoms with E-state index in [4.69, 9.17) is 10.5 Å². The van der Waals surface area contributed by atoms with Crippen LogP contribution >= 0.6 is 27.3 Å². The fourth-order valence-corrected chi connectivity index (χ4v) is 3.12. The Balaban J connectivity index is 2.46. The Morgan fingerprint density at radius 1 is 1.35 bits per heavy atom. The molecule has 0 saturated carbocycles. The Labute approximate surface area is 114 Å². The van der Waals surface area contributed by atoms with E-state index in [2.05, 4.69) is 34.3 Å². The lowest BCUT2D eigenvalue weighted by Gasteiger charge is -2.16. The van der Waals surface area contributed by atoms with E-state index in [0.29, 0.717) is 0 Å². The summed E-state index contributed by atoms with van der Waals surface area (Å²) in [6, 6.07) is 7.85. The van der Waals surface area contributed by atoms with Gasteiger partial charge in [-0.25, -0.2) is 0 Å². The maximum atomic E-state index is 6.32. The van der Waals surface area contributed by atoms with Crippen LogP contribution < -0.4 is 10.5 Å². The summed E-state index contributed by atoms with van der Waals surface area (Å²) >= 11 is 5.15. The largest absolute Gasteiger partial charge is 0.496 e.